The summed E-state index contributed by atoms with van der Waals surface area (Å²) in [5.74, 6) is -1.53. The average molecular weight is 371 g/mol. The normalized spacial score (nSPS) is 13.6. The number of amides is 2. The summed E-state index contributed by atoms with van der Waals surface area (Å²) in [4.78, 5) is 27.9. The van der Waals surface area contributed by atoms with Crippen LogP contribution in [0.15, 0.2) is 42.6 Å². The zero-order chi connectivity index (χ0) is 20.2. The lowest BCUT2D eigenvalue weighted by atomic mass is 9.86. The lowest BCUT2D eigenvalue weighted by Gasteiger charge is -2.19. The number of carbonyl (C=O) groups is 2. The monoisotopic (exact) mass is 371 g/mol. The summed E-state index contributed by atoms with van der Waals surface area (Å²) in [6.07, 6.45) is 0.395. The van der Waals surface area contributed by atoms with Gasteiger partial charge in [0.1, 0.15) is 11.7 Å². The first-order chi connectivity index (χ1) is 12.6. The highest BCUT2D eigenvalue weighted by atomic mass is 16.5. The molecule has 0 fully saturated rings. The van der Waals surface area contributed by atoms with Crippen LogP contribution in [0.25, 0.3) is 11.1 Å². The standard InChI is InChI=1S/C20H25N3O4/c1-12(24)17(19(26)23-27)22-18(25)16-10-7-14(11-21-16)13-5-8-15(9-6-13)20(2,3)4/h5-12,17,24,27H,1-4H3,(H,22,25)(H,23,26)/t12-,17+/m1/s1. The number of nitrogens with zero attached hydrogens (tertiary/aromatic N) is 1. The largest absolute Gasteiger partial charge is 0.391 e. The van der Waals surface area contributed by atoms with E-state index in [1.807, 2.05) is 12.1 Å². The summed E-state index contributed by atoms with van der Waals surface area (Å²) < 4.78 is 0. The number of pyridine rings is 1. The van der Waals surface area contributed by atoms with Gasteiger partial charge in [0.15, 0.2) is 0 Å². The third kappa shape index (κ3) is 5.12. The van der Waals surface area contributed by atoms with Crippen molar-refractivity contribution in [2.75, 3.05) is 0 Å². The number of nitrogens with one attached hydrogen (secondary N) is 2. The molecule has 0 radical (unpaired) electrons. The summed E-state index contributed by atoms with van der Waals surface area (Å²) in [7, 11) is 0. The van der Waals surface area contributed by atoms with E-state index < -0.39 is 24.0 Å². The predicted octanol–water partition coefficient (Wildman–Crippen LogP) is 2.03. The molecule has 0 spiro atoms. The molecule has 7 heteroatoms. The van der Waals surface area contributed by atoms with Crippen molar-refractivity contribution in [2.24, 2.45) is 0 Å². The molecule has 7 nitrogen and oxygen atoms in total. The van der Waals surface area contributed by atoms with Crippen LogP contribution in [0.4, 0.5) is 0 Å². The molecule has 144 valence electrons. The second-order valence-electron chi connectivity index (χ2n) is 7.43. The van der Waals surface area contributed by atoms with Gasteiger partial charge >= 0.3 is 0 Å². The van der Waals surface area contributed by atoms with E-state index in [4.69, 9.17) is 5.21 Å². The summed E-state index contributed by atoms with van der Waals surface area (Å²) in [6.45, 7) is 7.77. The molecule has 0 unspecified atom stereocenters. The van der Waals surface area contributed by atoms with Crippen molar-refractivity contribution in [3.05, 3.63) is 53.9 Å². The van der Waals surface area contributed by atoms with Gasteiger partial charge in [0.25, 0.3) is 11.8 Å². The van der Waals surface area contributed by atoms with E-state index in [-0.39, 0.29) is 11.1 Å². The Hall–Kier alpha value is -2.77. The molecule has 2 atom stereocenters. The molecule has 0 aliphatic carbocycles. The van der Waals surface area contributed by atoms with Gasteiger partial charge in [-0.1, -0.05) is 51.1 Å². The lowest BCUT2D eigenvalue weighted by Crippen LogP contribution is -2.51. The lowest BCUT2D eigenvalue weighted by molar-refractivity contribution is -0.133. The highest BCUT2D eigenvalue weighted by Gasteiger charge is 2.26. The van der Waals surface area contributed by atoms with E-state index >= 15 is 0 Å². The minimum absolute atomic E-state index is 0.0694. The van der Waals surface area contributed by atoms with Gasteiger partial charge in [-0.15, -0.1) is 0 Å². The molecule has 2 rings (SSSR count). The molecule has 1 aromatic heterocycles. The Kier molecular flexibility index (Phi) is 6.30. The van der Waals surface area contributed by atoms with Crippen LogP contribution in [-0.2, 0) is 10.2 Å². The van der Waals surface area contributed by atoms with Gasteiger partial charge in [-0.25, -0.2) is 5.48 Å². The van der Waals surface area contributed by atoms with Crippen molar-refractivity contribution in [3.63, 3.8) is 0 Å². The summed E-state index contributed by atoms with van der Waals surface area (Å²) in [6, 6.07) is 10.2. The van der Waals surface area contributed by atoms with Crippen LogP contribution in [0.2, 0.25) is 0 Å². The molecule has 0 aliphatic rings. The van der Waals surface area contributed by atoms with Crippen LogP contribution in [0, 0.1) is 0 Å². The first-order valence-electron chi connectivity index (χ1n) is 8.63. The fourth-order valence-electron chi connectivity index (χ4n) is 2.55. The Morgan fingerprint density at radius 1 is 1.04 bits per heavy atom. The Labute approximate surface area is 158 Å². The van der Waals surface area contributed by atoms with Crippen molar-refractivity contribution in [1.29, 1.82) is 0 Å². The first kappa shape index (κ1) is 20.5. The maximum absolute atomic E-state index is 12.2. The highest BCUT2D eigenvalue weighted by molar-refractivity contribution is 5.96. The van der Waals surface area contributed by atoms with Crippen LogP contribution in [0.5, 0.6) is 0 Å². The Balaban J connectivity index is 2.14. The van der Waals surface area contributed by atoms with Gasteiger partial charge < -0.3 is 10.4 Å². The fourth-order valence-corrected chi connectivity index (χ4v) is 2.55. The Bertz CT molecular complexity index is 793. The molecular formula is C20H25N3O4. The summed E-state index contributed by atoms with van der Waals surface area (Å²) in [5.41, 5.74) is 4.64. The molecule has 0 saturated carbocycles. The molecule has 2 aromatic rings. The molecular weight excluding hydrogens is 346 g/mol. The van der Waals surface area contributed by atoms with E-state index in [1.54, 1.807) is 12.3 Å². The minimum atomic E-state index is -1.28. The average Bonchev–Trinajstić information content (AvgIpc) is 2.64. The molecule has 1 heterocycles. The Morgan fingerprint density at radius 3 is 2.07 bits per heavy atom. The van der Waals surface area contributed by atoms with Crippen LogP contribution >= 0.6 is 0 Å². The number of aromatic nitrogens is 1. The van der Waals surface area contributed by atoms with Gasteiger partial charge in [-0.05, 0) is 29.5 Å². The van der Waals surface area contributed by atoms with E-state index in [0.717, 1.165) is 11.1 Å². The van der Waals surface area contributed by atoms with Gasteiger partial charge in [0, 0.05) is 11.8 Å². The zero-order valence-electron chi connectivity index (χ0n) is 15.9. The Morgan fingerprint density at radius 2 is 1.63 bits per heavy atom. The van der Waals surface area contributed by atoms with E-state index in [1.165, 1.54) is 24.0 Å². The van der Waals surface area contributed by atoms with E-state index in [2.05, 4.69) is 43.2 Å². The maximum atomic E-state index is 12.2. The van der Waals surface area contributed by atoms with Crippen molar-refractivity contribution in [3.8, 4) is 11.1 Å². The number of aliphatic hydroxyl groups excluding tert-OH is 1. The minimum Gasteiger partial charge on any atom is -0.391 e. The van der Waals surface area contributed by atoms with Gasteiger partial charge in [0.05, 0.1) is 6.10 Å². The number of aliphatic hydroxyl groups is 1. The highest BCUT2D eigenvalue weighted by Crippen LogP contribution is 2.25. The smallest absolute Gasteiger partial charge is 0.270 e. The van der Waals surface area contributed by atoms with Gasteiger partial charge in [-0.2, -0.15) is 0 Å². The van der Waals surface area contributed by atoms with Gasteiger partial charge in [0.2, 0.25) is 0 Å². The third-order valence-electron chi connectivity index (χ3n) is 4.24. The van der Waals surface area contributed by atoms with Gasteiger partial charge in [-0.3, -0.25) is 19.8 Å². The van der Waals surface area contributed by atoms with Crippen LogP contribution in [-0.4, -0.2) is 39.3 Å². The van der Waals surface area contributed by atoms with Crippen LogP contribution in [0.1, 0.15) is 43.7 Å². The number of carbonyl (C=O) groups excluding carboxylic acids is 2. The first-order valence-corrected chi connectivity index (χ1v) is 8.63. The van der Waals surface area contributed by atoms with Crippen molar-refractivity contribution in [1.82, 2.24) is 15.8 Å². The molecule has 27 heavy (non-hydrogen) atoms. The van der Waals surface area contributed by atoms with Crippen molar-refractivity contribution < 1.29 is 19.9 Å². The third-order valence-corrected chi connectivity index (χ3v) is 4.24. The van der Waals surface area contributed by atoms with E-state index in [0.29, 0.717) is 0 Å². The molecule has 2 amide bonds. The maximum Gasteiger partial charge on any atom is 0.270 e. The predicted molar refractivity (Wildman–Crippen MR) is 101 cm³/mol. The number of rotatable bonds is 5. The van der Waals surface area contributed by atoms with Crippen molar-refractivity contribution in [2.45, 2.75) is 45.3 Å². The van der Waals surface area contributed by atoms with Crippen molar-refractivity contribution >= 4 is 11.8 Å². The number of hydrogen-bond donors (Lipinski definition) is 4. The number of hydroxylamine groups is 1. The fraction of sp³-hybridized carbons (Fsp3) is 0.350. The number of benzene rings is 1. The van der Waals surface area contributed by atoms with E-state index in [9.17, 15) is 14.7 Å². The molecule has 1 aromatic carbocycles. The second kappa shape index (κ2) is 8.28. The van der Waals surface area contributed by atoms with Crippen LogP contribution < -0.4 is 10.8 Å². The quantitative estimate of drug-likeness (QED) is 0.475. The zero-order valence-corrected chi connectivity index (χ0v) is 15.9. The summed E-state index contributed by atoms with van der Waals surface area (Å²) >= 11 is 0. The topological polar surface area (TPSA) is 112 Å². The van der Waals surface area contributed by atoms with Crippen LogP contribution in [0.3, 0.4) is 0 Å². The molecule has 0 bridgehead atoms. The molecule has 0 saturated heterocycles. The number of hydrogen-bond acceptors (Lipinski definition) is 5. The summed E-state index contributed by atoms with van der Waals surface area (Å²) in [5, 5.41) is 20.6. The second-order valence-corrected chi connectivity index (χ2v) is 7.43. The molecule has 4 N–H and O–H groups in total. The SMILES string of the molecule is C[C@@H](O)[C@H](NC(=O)c1ccc(-c2ccc(C(C)(C)C)cc2)cn1)C(=O)NO. The molecule has 0 aliphatic heterocycles.